The number of fused-ring (bicyclic) bond motifs is 3. The average molecular weight is 780 g/mol. The summed E-state index contributed by atoms with van der Waals surface area (Å²) in [6.07, 6.45) is 0. The van der Waals surface area contributed by atoms with Crippen molar-refractivity contribution >= 4 is 21.9 Å². The summed E-state index contributed by atoms with van der Waals surface area (Å²) in [6, 6.07) is 78.7. The molecule has 11 aromatic rings. The van der Waals surface area contributed by atoms with Crippen molar-refractivity contribution in [3.05, 3.63) is 224 Å². The summed E-state index contributed by atoms with van der Waals surface area (Å²) in [5, 5.41) is 16.8. The molecule has 0 aliphatic carbocycles. The third kappa shape index (κ3) is 6.39. The fourth-order valence-electron chi connectivity index (χ4n) is 8.90. The minimum absolute atomic E-state index is 0.731. The van der Waals surface area contributed by atoms with Crippen LogP contribution < -0.4 is 0 Å². The van der Waals surface area contributed by atoms with Gasteiger partial charge in [0.2, 0.25) is 0 Å². The van der Waals surface area contributed by atoms with E-state index in [1.165, 1.54) is 0 Å². The third-order valence-electron chi connectivity index (χ3n) is 11.6. The fraction of sp³-hybridized carbons (Fsp3) is 0. The molecule has 0 fully saturated rings. The summed E-state index contributed by atoms with van der Waals surface area (Å²) < 4.78 is 6.61. The van der Waals surface area contributed by atoms with Crippen LogP contribution in [0.4, 0.5) is 0 Å². The highest BCUT2D eigenvalue weighted by Gasteiger charge is 2.29. The van der Waals surface area contributed by atoms with Crippen LogP contribution in [0.25, 0.3) is 111 Å². The Hall–Kier alpha value is -8.21. The van der Waals surface area contributed by atoms with Gasteiger partial charge in [-0.15, -0.1) is 10.2 Å². The van der Waals surface area contributed by atoms with Crippen LogP contribution in [0.3, 0.4) is 0 Å². The minimum Gasteiger partial charge on any atom is -0.456 e. The van der Waals surface area contributed by atoms with Gasteiger partial charge in [-0.05, 0) is 73.0 Å². The van der Waals surface area contributed by atoms with E-state index in [4.69, 9.17) is 14.6 Å². The molecule has 0 radical (unpaired) electrons. The van der Waals surface area contributed by atoms with E-state index in [1.807, 2.05) is 18.2 Å². The molecule has 0 amide bonds. The van der Waals surface area contributed by atoms with Gasteiger partial charge in [-0.1, -0.05) is 212 Å². The van der Waals surface area contributed by atoms with Crippen LogP contribution >= 0.6 is 0 Å². The highest BCUT2D eigenvalue weighted by atomic mass is 16.3. The van der Waals surface area contributed by atoms with Gasteiger partial charge in [0, 0.05) is 33.0 Å². The first-order valence-electron chi connectivity index (χ1n) is 20.5. The van der Waals surface area contributed by atoms with Crippen molar-refractivity contribution in [2.45, 2.75) is 0 Å². The molecule has 0 saturated carbocycles. The Morgan fingerprint density at radius 2 is 0.721 bits per heavy atom. The second kappa shape index (κ2) is 15.5. The summed E-state index contributed by atoms with van der Waals surface area (Å²) in [7, 11) is 0. The Morgan fingerprint density at radius 1 is 0.262 bits per heavy atom. The normalized spacial score (nSPS) is 11.3. The van der Waals surface area contributed by atoms with Crippen LogP contribution in [0.15, 0.2) is 229 Å². The number of furan rings is 1. The molecule has 0 unspecified atom stereocenters. The maximum Gasteiger partial charge on any atom is 0.136 e. The summed E-state index contributed by atoms with van der Waals surface area (Å²) >= 11 is 0. The van der Waals surface area contributed by atoms with Crippen molar-refractivity contribution in [3.63, 3.8) is 0 Å². The van der Waals surface area contributed by atoms with E-state index in [0.29, 0.717) is 0 Å². The molecule has 0 aliphatic heterocycles. The van der Waals surface area contributed by atoms with E-state index in [0.717, 1.165) is 111 Å². The molecule has 11 rings (SSSR count). The first-order valence-corrected chi connectivity index (χ1v) is 20.5. The van der Waals surface area contributed by atoms with E-state index >= 15 is 0 Å². The van der Waals surface area contributed by atoms with Crippen LogP contribution in [-0.4, -0.2) is 15.4 Å². The third-order valence-corrected chi connectivity index (χ3v) is 11.6. The van der Waals surface area contributed by atoms with Gasteiger partial charge in [0.15, 0.2) is 0 Å². The molecule has 0 spiro atoms. The van der Waals surface area contributed by atoms with Crippen molar-refractivity contribution in [2.24, 2.45) is 0 Å². The lowest BCUT2D eigenvalue weighted by molar-refractivity contribution is 0.669. The molecular formula is C57H37N3O. The van der Waals surface area contributed by atoms with E-state index in [1.54, 1.807) is 0 Å². The van der Waals surface area contributed by atoms with Crippen molar-refractivity contribution in [2.75, 3.05) is 0 Å². The molecule has 4 heteroatoms. The zero-order chi connectivity index (χ0) is 40.5. The van der Waals surface area contributed by atoms with Crippen LogP contribution in [-0.2, 0) is 0 Å². The van der Waals surface area contributed by atoms with E-state index in [9.17, 15) is 0 Å². The first kappa shape index (κ1) is 35.9. The number of nitrogens with zero attached hydrogens (tertiary/aromatic N) is 3. The molecule has 9 aromatic carbocycles. The van der Waals surface area contributed by atoms with Crippen molar-refractivity contribution < 1.29 is 4.42 Å². The molecule has 286 valence electrons. The lowest BCUT2D eigenvalue weighted by Crippen LogP contribution is -2.04. The fourth-order valence-corrected chi connectivity index (χ4v) is 8.90. The summed E-state index contributed by atoms with van der Waals surface area (Å²) in [5.41, 5.74) is 17.7. The van der Waals surface area contributed by atoms with Gasteiger partial charge in [0.25, 0.3) is 0 Å². The van der Waals surface area contributed by atoms with Gasteiger partial charge in [0.05, 0.1) is 0 Å². The molecule has 0 N–H and O–H groups in total. The number of rotatable bonds is 8. The number of para-hydroxylation sites is 1. The molecule has 61 heavy (non-hydrogen) atoms. The van der Waals surface area contributed by atoms with Crippen LogP contribution in [0.5, 0.6) is 0 Å². The van der Waals surface area contributed by atoms with Crippen LogP contribution in [0, 0.1) is 0 Å². The maximum atomic E-state index is 6.61. The van der Waals surface area contributed by atoms with Gasteiger partial charge in [-0.3, -0.25) is 0 Å². The molecule has 0 atom stereocenters. The molecular weight excluding hydrogens is 743 g/mol. The quantitative estimate of drug-likeness (QED) is 0.154. The number of hydrogen-bond donors (Lipinski definition) is 0. The highest BCUT2D eigenvalue weighted by molar-refractivity contribution is 6.18. The smallest absolute Gasteiger partial charge is 0.136 e. The first-order chi connectivity index (χ1) is 30.3. The van der Waals surface area contributed by atoms with Gasteiger partial charge in [0.1, 0.15) is 22.6 Å². The largest absolute Gasteiger partial charge is 0.456 e. The predicted molar refractivity (Wildman–Crippen MR) is 251 cm³/mol. The Balaban J connectivity index is 1.35. The average Bonchev–Trinajstić information content (AvgIpc) is 3.74. The monoisotopic (exact) mass is 779 g/mol. The van der Waals surface area contributed by atoms with Crippen molar-refractivity contribution in [1.82, 2.24) is 15.4 Å². The predicted octanol–water partition coefficient (Wildman–Crippen LogP) is 15.1. The Kier molecular flexibility index (Phi) is 9.14. The number of aromatic nitrogens is 3. The zero-order valence-corrected chi connectivity index (χ0v) is 33.1. The molecule has 0 saturated heterocycles. The summed E-state index contributed by atoms with van der Waals surface area (Å²) in [6.45, 7) is 0. The minimum atomic E-state index is 0.731. The Morgan fingerprint density at radius 3 is 1.38 bits per heavy atom. The van der Waals surface area contributed by atoms with Gasteiger partial charge >= 0.3 is 0 Å². The van der Waals surface area contributed by atoms with Crippen molar-refractivity contribution in [1.29, 1.82) is 0 Å². The van der Waals surface area contributed by atoms with E-state index in [2.05, 4.69) is 211 Å². The topological polar surface area (TPSA) is 51.8 Å². The molecule has 0 aliphatic rings. The lowest BCUT2D eigenvalue weighted by atomic mass is 9.79. The molecule has 2 aromatic heterocycles. The lowest BCUT2D eigenvalue weighted by Gasteiger charge is -2.24. The van der Waals surface area contributed by atoms with Crippen molar-refractivity contribution in [3.8, 4) is 89.3 Å². The summed E-state index contributed by atoms with van der Waals surface area (Å²) in [5.74, 6) is 0. The second-order valence-electron chi connectivity index (χ2n) is 15.1. The highest BCUT2D eigenvalue weighted by Crippen LogP contribution is 2.53. The molecule has 2 heterocycles. The van der Waals surface area contributed by atoms with E-state index < -0.39 is 0 Å². The standard InChI is InChI=1S/C57H37N3O/c1-5-20-38(21-6-1)42-28-13-15-30-45(42)47-37-36-44(40-24-9-3-10-25-40)54(53(47)49-33-19-35-51-52(49)48-32-17-18-34-50(48)61-51)57-55(56(58-60-59-57)41-26-11-4-12-27-41)46-31-16-14-29-43(46)39-22-7-2-8-23-39/h1-37H. The van der Waals surface area contributed by atoms with Crippen LogP contribution in [0.1, 0.15) is 0 Å². The Bertz CT molecular complexity index is 3340. The zero-order valence-electron chi connectivity index (χ0n) is 33.1. The number of hydrogen-bond acceptors (Lipinski definition) is 4. The Labute approximate surface area is 354 Å². The van der Waals surface area contributed by atoms with E-state index in [-0.39, 0.29) is 0 Å². The van der Waals surface area contributed by atoms with Gasteiger partial charge in [-0.2, -0.15) is 0 Å². The van der Waals surface area contributed by atoms with Gasteiger partial charge in [-0.25, -0.2) is 0 Å². The second-order valence-corrected chi connectivity index (χ2v) is 15.1. The number of benzene rings is 9. The van der Waals surface area contributed by atoms with Gasteiger partial charge < -0.3 is 4.42 Å². The SMILES string of the molecule is c1ccc(-c2ccccc2-c2ccc(-c3ccccc3)c(-c3nnnc(-c4ccccc4)c3-c3ccccc3-c3ccccc3)c2-c2cccc3oc4ccccc4c23)cc1. The maximum absolute atomic E-state index is 6.61. The molecule has 4 nitrogen and oxygen atoms in total. The molecule has 0 bridgehead atoms. The van der Waals surface area contributed by atoms with Crippen LogP contribution in [0.2, 0.25) is 0 Å². The summed E-state index contributed by atoms with van der Waals surface area (Å²) in [4.78, 5) is 0.